The number of nitrogens with one attached hydrogen (secondary N) is 1. The third-order valence-corrected chi connectivity index (χ3v) is 5.53. The van der Waals surface area contributed by atoms with Crippen molar-refractivity contribution in [1.82, 2.24) is 0 Å². The maximum absolute atomic E-state index is 12.3. The molecule has 0 aliphatic heterocycles. The van der Waals surface area contributed by atoms with Gasteiger partial charge in [0.15, 0.2) is 6.61 Å². The number of benzene rings is 1. The van der Waals surface area contributed by atoms with Crippen molar-refractivity contribution in [2.75, 3.05) is 40.4 Å². The van der Waals surface area contributed by atoms with Gasteiger partial charge in [0.05, 0.1) is 34.0 Å². The van der Waals surface area contributed by atoms with E-state index in [4.69, 9.17) is 18.9 Å². The van der Waals surface area contributed by atoms with Crippen molar-refractivity contribution in [3.05, 3.63) is 45.8 Å². The SMILES string of the molecule is COC(=O)c1sc(NC(=O)COC(=O)/C=C/c2ccc(OC)cc2OC)c(C(=O)OC)c1C. The fraction of sp³-hybridized carbons (Fsp3) is 0.273. The fourth-order valence-corrected chi connectivity index (χ4v) is 3.83. The van der Waals surface area contributed by atoms with Crippen LogP contribution in [-0.4, -0.2) is 58.9 Å². The molecule has 1 heterocycles. The van der Waals surface area contributed by atoms with Crippen LogP contribution < -0.4 is 14.8 Å². The summed E-state index contributed by atoms with van der Waals surface area (Å²) in [4.78, 5) is 48.5. The molecule has 10 nitrogen and oxygen atoms in total. The molecule has 1 aromatic heterocycles. The van der Waals surface area contributed by atoms with Crippen molar-refractivity contribution in [1.29, 1.82) is 0 Å². The molecule has 2 aromatic rings. The summed E-state index contributed by atoms with van der Waals surface area (Å²) in [7, 11) is 5.38. The molecule has 2 rings (SSSR count). The molecule has 0 aliphatic carbocycles. The van der Waals surface area contributed by atoms with Crippen LogP contribution in [0.1, 0.15) is 31.2 Å². The van der Waals surface area contributed by atoms with E-state index >= 15 is 0 Å². The third-order valence-electron chi connectivity index (χ3n) is 4.35. The number of hydrogen-bond donors (Lipinski definition) is 1. The van der Waals surface area contributed by atoms with Gasteiger partial charge < -0.3 is 29.0 Å². The lowest BCUT2D eigenvalue weighted by atomic mass is 10.1. The second-order valence-corrected chi connectivity index (χ2v) is 7.36. The molecule has 0 radical (unpaired) electrons. The number of thiophene rings is 1. The van der Waals surface area contributed by atoms with E-state index in [1.54, 1.807) is 18.2 Å². The lowest BCUT2D eigenvalue weighted by Crippen LogP contribution is -2.21. The quantitative estimate of drug-likeness (QED) is 0.329. The van der Waals surface area contributed by atoms with Gasteiger partial charge in [-0.05, 0) is 30.7 Å². The maximum atomic E-state index is 12.3. The van der Waals surface area contributed by atoms with Crippen molar-refractivity contribution in [3.8, 4) is 11.5 Å². The molecule has 1 amide bonds. The van der Waals surface area contributed by atoms with Crippen LogP contribution in [0.25, 0.3) is 6.08 Å². The molecule has 1 N–H and O–H groups in total. The predicted octanol–water partition coefficient (Wildman–Crippen LogP) is 2.84. The molecule has 0 aliphatic rings. The van der Waals surface area contributed by atoms with Crippen molar-refractivity contribution in [2.24, 2.45) is 0 Å². The van der Waals surface area contributed by atoms with Gasteiger partial charge in [0.25, 0.3) is 5.91 Å². The average Bonchev–Trinajstić information content (AvgIpc) is 3.15. The van der Waals surface area contributed by atoms with Crippen LogP contribution in [0.2, 0.25) is 0 Å². The van der Waals surface area contributed by atoms with Gasteiger partial charge in [0, 0.05) is 17.7 Å². The molecule has 11 heteroatoms. The Labute approximate surface area is 194 Å². The number of methoxy groups -OCH3 is 4. The number of esters is 3. The minimum atomic E-state index is -0.770. The van der Waals surface area contributed by atoms with E-state index in [0.29, 0.717) is 22.6 Å². The Balaban J connectivity index is 2.06. The summed E-state index contributed by atoms with van der Waals surface area (Å²) in [5, 5.41) is 2.54. The number of carbonyl (C=O) groups is 4. The summed E-state index contributed by atoms with van der Waals surface area (Å²) in [5.74, 6) is -1.79. The molecule has 0 saturated heterocycles. The topological polar surface area (TPSA) is 126 Å². The Hall–Kier alpha value is -3.86. The molecule has 0 bridgehead atoms. The minimum Gasteiger partial charge on any atom is -0.497 e. The highest BCUT2D eigenvalue weighted by Crippen LogP contribution is 2.34. The van der Waals surface area contributed by atoms with E-state index < -0.39 is 30.4 Å². The fourth-order valence-electron chi connectivity index (χ4n) is 2.70. The van der Waals surface area contributed by atoms with Crippen LogP contribution in [0.5, 0.6) is 11.5 Å². The molecule has 0 saturated carbocycles. The zero-order valence-electron chi connectivity index (χ0n) is 18.7. The standard InChI is InChI=1S/C22H23NO9S/c1-12-18(21(26)30-4)20(33-19(12)22(27)31-5)23-16(24)11-32-17(25)9-7-13-6-8-14(28-2)10-15(13)29-3/h6-10H,11H2,1-5H3,(H,23,24)/b9-7+. The zero-order chi connectivity index (χ0) is 24.5. The Bertz CT molecular complexity index is 1090. The van der Waals surface area contributed by atoms with Crippen LogP contribution >= 0.6 is 11.3 Å². The zero-order valence-corrected chi connectivity index (χ0v) is 19.5. The molecule has 0 unspecified atom stereocenters. The van der Waals surface area contributed by atoms with E-state index in [1.807, 2.05) is 0 Å². The number of rotatable bonds is 9. The summed E-state index contributed by atoms with van der Waals surface area (Å²) >= 11 is 0.854. The Morgan fingerprint density at radius 1 is 1.00 bits per heavy atom. The van der Waals surface area contributed by atoms with Crippen molar-refractivity contribution >= 4 is 46.2 Å². The Morgan fingerprint density at radius 2 is 1.70 bits per heavy atom. The summed E-state index contributed by atoms with van der Waals surface area (Å²) in [6.45, 7) is 0.914. The molecule has 176 valence electrons. The van der Waals surface area contributed by atoms with Gasteiger partial charge >= 0.3 is 17.9 Å². The molecule has 1 aromatic carbocycles. The molecule has 0 spiro atoms. The van der Waals surface area contributed by atoms with E-state index in [-0.39, 0.29) is 15.4 Å². The maximum Gasteiger partial charge on any atom is 0.348 e. The summed E-state index contributed by atoms with van der Waals surface area (Å²) in [6, 6.07) is 5.05. The summed E-state index contributed by atoms with van der Waals surface area (Å²) in [5.41, 5.74) is 0.934. The molecular weight excluding hydrogens is 454 g/mol. The van der Waals surface area contributed by atoms with E-state index in [1.165, 1.54) is 41.4 Å². The van der Waals surface area contributed by atoms with Gasteiger partial charge in [0.1, 0.15) is 21.4 Å². The first-order valence-corrected chi connectivity index (χ1v) is 10.2. The third kappa shape index (κ3) is 6.32. The van der Waals surface area contributed by atoms with Crippen molar-refractivity contribution in [2.45, 2.75) is 6.92 Å². The second kappa shape index (κ2) is 11.7. The highest BCUT2D eigenvalue weighted by atomic mass is 32.1. The van der Waals surface area contributed by atoms with E-state index in [0.717, 1.165) is 17.4 Å². The molecular formula is C22H23NO9S. The second-order valence-electron chi connectivity index (χ2n) is 6.34. The molecule has 0 fully saturated rings. The number of amides is 1. The Morgan fingerprint density at radius 3 is 2.30 bits per heavy atom. The van der Waals surface area contributed by atoms with Crippen LogP contribution in [0.15, 0.2) is 24.3 Å². The van der Waals surface area contributed by atoms with Crippen LogP contribution in [0, 0.1) is 6.92 Å². The number of hydrogen-bond acceptors (Lipinski definition) is 10. The Kier molecular flexibility index (Phi) is 8.98. The average molecular weight is 477 g/mol. The van der Waals surface area contributed by atoms with Crippen molar-refractivity contribution < 1.29 is 42.9 Å². The van der Waals surface area contributed by atoms with Crippen molar-refractivity contribution in [3.63, 3.8) is 0 Å². The van der Waals surface area contributed by atoms with Gasteiger partial charge in [-0.1, -0.05) is 0 Å². The first kappa shape index (κ1) is 25.4. The summed E-state index contributed by atoms with van der Waals surface area (Å²) in [6.07, 6.45) is 2.61. The summed E-state index contributed by atoms with van der Waals surface area (Å²) < 4.78 is 24.7. The normalized spacial score (nSPS) is 10.5. The van der Waals surface area contributed by atoms with Crippen LogP contribution in [0.4, 0.5) is 5.00 Å². The number of anilines is 1. The lowest BCUT2D eigenvalue weighted by Gasteiger charge is -2.07. The lowest BCUT2D eigenvalue weighted by molar-refractivity contribution is -0.142. The largest absolute Gasteiger partial charge is 0.497 e. The van der Waals surface area contributed by atoms with Crippen LogP contribution in [0.3, 0.4) is 0 Å². The first-order chi connectivity index (χ1) is 15.7. The monoisotopic (exact) mass is 477 g/mol. The minimum absolute atomic E-state index is 0.0223. The van der Waals surface area contributed by atoms with Gasteiger partial charge in [0.2, 0.25) is 0 Å². The number of carbonyl (C=O) groups excluding carboxylic acids is 4. The van der Waals surface area contributed by atoms with E-state index in [9.17, 15) is 19.2 Å². The predicted molar refractivity (Wildman–Crippen MR) is 120 cm³/mol. The van der Waals surface area contributed by atoms with Gasteiger partial charge in [-0.15, -0.1) is 11.3 Å². The molecule has 33 heavy (non-hydrogen) atoms. The first-order valence-electron chi connectivity index (χ1n) is 9.42. The van der Waals surface area contributed by atoms with Crippen LogP contribution in [-0.2, 0) is 23.8 Å². The van der Waals surface area contributed by atoms with E-state index in [2.05, 4.69) is 10.1 Å². The number of ether oxygens (including phenoxy) is 5. The molecule has 0 atom stereocenters. The highest BCUT2D eigenvalue weighted by Gasteiger charge is 2.26. The smallest absolute Gasteiger partial charge is 0.348 e. The van der Waals surface area contributed by atoms with Gasteiger partial charge in [-0.3, -0.25) is 4.79 Å². The van der Waals surface area contributed by atoms with Gasteiger partial charge in [-0.2, -0.15) is 0 Å². The van der Waals surface area contributed by atoms with Gasteiger partial charge in [-0.25, -0.2) is 14.4 Å². The highest BCUT2D eigenvalue weighted by molar-refractivity contribution is 7.18.